The Hall–Kier alpha value is 0.01000. The van der Waals surface area contributed by atoms with Gasteiger partial charge in [-0.05, 0) is 43.4 Å². The van der Waals surface area contributed by atoms with Crippen LogP contribution < -0.4 is 0 Å². The smallest absolute Gasteiger partial charge is 0.0459 e. The molecule has 2 unspecified atom stereocenters. The van der Waals surface area contributed by atoms with E-state index < -0.39 is 0 Å². The molecule has 1 heterocycles. The lowest BCUT2D eigenvalue weighted by molar-refractivity contribution is 0.149. The zero-order valence-electron chi connectivity index (χ0n) is 14.3. The molecule has 0 aromatic rings. The summed E-state index contributed by atoms with van der Waals surface area (Å²) in [5.41, 5.74) is 0. The Morgan fingerprint density at radius 3 is 2.62 bits per heavy atom. The second-order valence-electron chi connectivity index (χ2n) is 6.60. The zero-order valence-corrected chi connectivity index (χ0v) is 15.1. The maximum Gasteiger partial charge on any atom is 0.0459 e. The van der Waals surface area contributed by atoms with Crippen molar-refractivity contribution < 1.29 is 5.11 Å². The average Bonchev–Trinajstić information content (AvgIpc) is 2.51. The van der Waals surface area contributed by atoms with Crippen molar-refractivity contribution in [1.29, 1.82) is 0 Å². The van der Waals surface area contributed by atoms with E-state index in [0.29, 0.717) is 18.4 Å². The molecular formula is C18H35NOS. The van der Waals surface area contributed by atoms with Gasteiger partial charge < -0.3 is 5.11 Å². The first-order valence-electron chi connectivity index (χ1n) is 8.82. The standard InChI is InChI=1S/C18H35NOS/c1-4-5-6-7-8-16(2)11-14-21-19-12-9-18(10-13-19)17(3)15-20/h7-8,16-18,20H,4-6,9-15H2,1-3H3. The fourth-order valence-electron chi connectivity index (χ4n) is 2.84. The molecule has 124 valence electrons. The molecule has 2 nitrogen and oxygen atoms in total. The van der Waals surface area contributed by atoms with Crippen LogP contribution >= 0.6 is 11.9 Å². The molecule has 0 aliphatic carbocycles. The summed E-state index contributed by atoms with van der Waals surface area (Å²) < 4.78 is 2.54. The Balaban J connectivity index is 2.07. The molecule has 1 aliphatic heterocycles. The van der Waals surface area contributed by atoms with Crippen LogP contribution in [0.25, 0.3) is 0 Å². The van der Waals surface area contributed by atoms with Crippen molar-refractivity contribution in [3.05, 3.63) is 12.2 Å². The van der Waals surface area contributed by atoms with Crippen LogP contribution in [-0.2, 0) is 0 Å². The van der Waals surface area contributed by atoms with Crippen molar-refractivity contribution >= 4 is 11.9 Å². The fraction of sp³-hybridized carbons (Fsp3) is 0.889. The third-order valence-electron chi connectivity index (χ3n) is 4.63. The largest absolute Gasteiger partial charge is 0.396 e. The minimum absolute atomic E-state index is 0.347. The first-order valence-corrected chi connectivity index (χ1v) is 9.77. The molecule has 2 atom stereocenters. The predicted octanol–water partition coefficient (Wildman–Crippen LogP) is 4.75. The summed E-state index contributed by atoms with van der Waals surface area (Å²) in [6, 6.07) is 0. The highest BCUT2D eigenvalue weighted by Crippen LogP contribution is 2.28. The summed E-state index contributed by atoms with van der Waals surface area (Å²) in [4.78, 5) is 0. The van der Waals surface area contributed by atoms with E-state index in [1.165, 1.54) is 57.4 Å². The maximum atomic E-state index is 9.23. The number of unbranched alkanes of at least 4 members (excludes halogenated alkanes) is 2. The van der Waals surface area contributed by atoms with E-state index in [1.807, 2.05) is 11.9 Å². The average molecular weight is 314 g/mol. The van der Waals surface area contributed by atoms with Crippen molar-refractivity contribution in [3.63, 3.8) is 0 Å². The third-order valence-corrected chi connectivity index (χ3v) is 5.78. The van der Waals surface area contributed by atoms with Gasteiger partial charge in [0, 0.05) is 25.4 Å². The number of allylic oxidation sites excluding steroid dienone is 2. The lowest BCUT2D eigenvalue weighted by Crippen LogP contribution is -2.32. The molecule has 0 bridgehead atoms. The second-order valence-corrected chi connectivity index (χ2v) is 7.78. The molecule has 1 saturated heterocycles. The lowest BCUT2D eigenvalue weighted by Gasteiger charge is -2.33. The SMILES string of the molecule is CCCCC=CC(C)CCSN1CCC(C(C)CO)CC1. The van der Waals surface area contributed by atoms with E-state index in [9.17, 15) is 5.11 Å². The van der Waals surface area contributed by atoms with E-state index in [4.69, 9.17) is 0 Å². The Morgan fingerprint density at radius 1 is 1.29 bits per heavy atom. The topological polar surface area (TPSA) is 23.5 Å². The number of rotatable bonds is 10. The fourth-order valence-corrected chi connectivity index (χ4v) is 4.04. The highest BCUT2D eigenvalue weighted by Gasteiger charge is 2.23. The van der Waals surface area contributed by atoms with Crippen LogP contribution in [0.3, 0.4) is 0 Å². The molecule has 0 aromatic carbocycles. The summed E-state index contributed by atoms with van der Waals surface area (Å²) in [7, 11) is 0. The number of nitrogens with zero attached hydrogens (tertiary/aromatic N) is 1. The Labute approximate surface area is 136 Å². The monoisotopic (exact) mass is 313 g/mol. The van der Waals surface area contributed by atoms with Gasteiger partial charge >= 0.3 is 0 Å². The van der Waals surface area contributed by atoms with Gasteiger partial charge in [-0.1, -0.05) is 57.7 Å². The van der Waals surface area contributed by atoms with Crippen molar-refractivity contribution in [2.75, 3.05) is 25.4 Å². The summed E-state index contributed by atoms with van der Waals surface area (Å²) in [5.74, 6) is 3.15. The van der Waals surface area contributed by atoms with E-state index in [1.54, 1.807) is 0 Å². The predicted molar refractivity (Wildman–Crippen MR) is 95.5 cm³/mol. The van der Waals surface area contributed by atoms with Gasteiger partial charge in [0.2, 0.25) is 0 Å². The van der Waals surface area contributed by atoms with E-state index in [0.717, 1.165) is 5.92 Å². The number of hydrogen-bond donors (Lipinski definition) is 1. The highest BCUT2D eigenvalue weighted by molar-refractivity contribution is 7.97. The zero-order chi connectivity index (χ0) is 15.5. The number of hydrogen-bond acceptors (Lipinski definition) is 3. The second kappa shape index (κ2) is 11.6. The van der Waals surface area contributed by atoms with E-state index >= 15 is 0 Å². The summed E-state index contributed by atoms with van der Waals surface area (Å²) in [6.07, 6.45) is 12.4. The minimum atomic E-state index is 0.347. The molecule has 0 aromatic heterocycles. The molecule has 0 spiro atoms. The lowest BCUT2D eigenvalue weighted by atomic mass is 9.87. The van der Waals surface area contributed by atoms with Crippen molar-refractivity contribution in [2.45, 2.75) is 59.3 Å². The highest BCUT2D eigenvalue weighted by atomic mass is 32.2. The van der Waals surface area contributed by atoms with Crippen LogP contribution in [-0.4, -0.2) is 34.9 Å². The molecule has 0 amide bonds. The van der Waals surface area contributed by atoms with Gasteiger partial charge in [0.05, 0.1) is 0 Å². The molecule has 21 heavy (non-hydrogen) atoms. The quantitative estimate of drug-likeness (QED) is 0.358. The van der Waals surface area contributed by atoms with Crippen LogP contribution in [0.15, 0.2) is 12.2 Å². The van der Waals surface area contributed by atoms with Crippen LogP contribution in [0.2, 0.25) is 0 Å². The van der Waals surface area contributed by atoms with Crippen LogP contribution in [0, 0.1) is 17.8 Å². The maximum absolute atomic E-state index is 9.23. The van der Waals surface area contributed by atoms with Gasteiger partial charge in [-0.3, -0.25) is 4.31 Å². The normalized spacial score (nSPS) is 21.0. The molecular weight excluding hydrogens is 278 g/mol. The van der Waals surface area contributed by atoms with Crippen LogP contribution in [0.5, 0.6) is 0 Å². The molecule has 0 radical (unpaired) electrons. The van der Waals surface area contributed by atoms with Gasteiger partial charge in [-0.25, -0.2) is 0 Å². The van der Waals surface area contributed by atoms with Crippen molar-refractivity contribution in [2.24, 2.45) is 17.8 Å². The van der Waals surface area contributed by atoms with Crippen LogP contribution in [0.4, 0.5) is 0 Å². The van der Waals surface area contributed by atoms with Gasteiger partial charge in [0.25, 0.3) is 0 Å². The van der Waals surface area contributed by atoms with Gasteiger partial charge in [-0.15, -0.1) is 0 Å². The van der Waals surface area contributed by atoms with E-state index in [2.05, 4.69) is 37.2 Å². The van der Waals surface area contributed by atoms with E-state index in [-0.39, 0.29) is 0 Å². The Bertz CT molecular complexity index is 274. The first-order chi connectivity index (χ1) is 10.2. The number of aliphatic hydroxyl groups is 1. The van der Waals surface area contributed by atoms with Crippen molar-refractivity contribution in [3.8, 4) is 0 Å². The Kier molecular flexibility index (Phi) is 10.5. The molecule has 0 saturated carbocycles. The van der Waals surface area contributed by atoms with Crippen molar-refractivity contribution in [1.82, 2.24) is 4.31 Å². The Morgan fingerprint density at radius 2 is 2.00 bits per heavy atom. The first kappa shape index (κ1) is 19.1. The molecule has 1 aliphatic rings. The van der Waals surface area contributed by atoms with Gasteiger partial charge in [-0.2, -0.15) is 0 Å². The summed E-state index contributed by atoms with van der Waals surface area (Å²) >= 11 is 2.03. The third kappa shape index (κ3) is 8.27. The van der Waals surface area contributed by atoms with Gasteiger partial charge in [0.15, 0.2) is 0 Å². The number of aliphatic hydroxyl groups excluding tert-OH is 1. The minimum Gasteiger partial charge on any atom is -0.396 e. The summed E-state index contributed by atoms with van der Waals surface area (Å²) in [5, 5.41) is 9.23. The van der Waals surface area contributed by atoms with Crippen LogP contribution in [0.1, 0.15) is 59.3 Å². The molecule has 1 N–H and O–H groups in total. The molecule has 1 rings (SSSR count). The number of piperidine rings is 1. The van der Waals surface area contributed by atoms with Gasteiger partial charge in [0.1, 0.15) is 0 Å². The molecule has 1 fully saturated rings. The summed E-state index contributed by atoms with van der Waals surface area (Å²) in [6.45, 7) is 9.50. The molecule has 3 heteroatoms.